The highest BCUT2D eigenvalue weighted by Gasteiger charge is 2.30. The molecule has 1 amide bonds. The van der Waals surface area contributed by atoms with Crippen LogP contribution in [0.5, 0.6) is 0 Å². The molecule has 1 aliphatic rings. The largest absolute Gasteiger partial charge is 0.481 e. The monoisotopic (exact) mass is 447 g/mol. The number of aryl methyl sites for hydroxylation is 1. The van der Waals surface area contributed by atoms with Crippen LogP contribution < -0.4 is 4.90 Å². The van der Waals surface area contributed by atoms with Crippen LogP contribution >= 0.6 is 0 Å². The Bertz CT molecular complexity index is 1070. The Kier molecular flexibility index (Phi) is 7.15. The first-order valence-corrected chi connectivity index (χ1v) is 12.3. The van der Waals surface area contributed by atoms with Gasteiger partial charge in [-0.1, -0.05) is 32.6 Å². The zero-order chi connectivity index (χ0) is 22.6. The second-order valence-electron chi connectivity index (χ2n) is 7.96. The summed E-state index contributed by atoms with van der Waals surface area (Å²) < 4.78 is 26.8. The number of sulfone groups is 1. The lowest BCUT2D eigenvalue weighted by atomic mass is 10.1. The molecule has 0 bridgehead atoms. The molecule has 168 valence electrons. The van der Waals surface area contributed by atoms with E-state index in [0.717, 1.165) is 31.2 Å². The SMILES string of the molecule is CCCCCCCS(=O)(=O)c1ccc2c(c1)CCN2C(=O)c1cn(C)nc1CC(=O)O. The van der Waals surface area contributed by atoms with Crippen molar-refractivity contribution < 1.29 is 23.1 Å². The van der Waals surface area contributed by atoms with Gasteiger partial charge >= 0.3 is 5.97 Å². The Hall–Kier alpha value is -2.68. The fourth-order valence-electron chi connectivity index (χ4n) is 3.93. The van der Waals surface area contributed by atoms with E-state index in [1.165, 1.54) is 10.9 Å². The van der Waals surface area contributed by atoms with Crippen molar-refractivity contribution >= 4 is 27.4 Å². The highest BCUT2D eigenvalue weighted by atomic mass is 32.2. The van der Waals surface area contributed by atoms with Gasteiger partial charge in [0.05, 0.1) is 28.3 Å². The van der Waals surface area contributed by atoms with Crippen molar-refractivity contribution in [2.45, 2.75) is 56.8 Å². The highest BCUT2D eigenvalue weighted by Crippen LogP contribution is 2.32. The van der Waals surface area contributed by atoms with Gasteiger partial charge in [-0.2, -0.15) is 5.10 Å². The van der Waals surface area contributed by atoms with Crippen molar-refractivity contribution in [1.29, 1.82) is 0 Å². The summed E-state index contributed by atoms with van der Waals surface area (Å²) in [4.78, 5) is 26.1. The first-order valence-electron chi connectivity index (χ1n) is 10.6. The van der Waals surface area contributed by atoms with Gasteiger partial charge in [-0.15, -0.1) is 0 Å². The third kappa shape index (κ3) is 5.33. The van der Waals surface area contributed by atoms with E-state index < -0.39 is 15.8 Å². The molecule has 9 heteroatoms. The van der Waals surface area contributed by atoms with Crippen LogP contribution in [-0.2, 0) is 34.5 Å². The van der Waals surface area contributed by atoms with Gasteiger partial charge in [0.1, 0.15) is 0 Å². The molecule has 0 unspecified atom stereocenters. The molecule has 2 heterocycles. The minimum absolute atomic E-state index is 0.131. The number of carboxylic acids is 1. The minimum atomic E-state index is -3.36. The van der Waals surface area contributed by atoms with Crippen LogP contribution in [0.2, 0.25) is 0 Å². The van der Waals surface area contributed by atoms with Gasteiger partial charge in [0.2, 0.25) is 0 Å². The summed E-state index contributed by atoms with van der Waals surface area (Å²) in [5.74, 6) is -1.25. The summed E-state index contributed by atoms with van der Waals surface area (Å²) in [6, 6.07) is 4.91. The van der Waals surface area contributed by atoms with Crippen molar-refractivity contribution in [2.75, 3.05) is 17.2 Å². The molecule has 31 heavy (non-hydrogen) atoms. The number of hydrogen-bond donors (Lipinski definition) is 1. The Morgan fingerprint density at radius 2 is 1.90 bits per heavy atom. The number of hydrogen-bond acceptors (Lipinski definition) is 5. The predicted molar refractivity (Wildman–Crippen MR) is 117 cm³/mol. The number of fused-ring (bicyclic) bond motifs is 1. The summed E-state index contributed by atoms with van der Waals surface area (Å²) >= 11 is 0. The molecule has 1 aromatic heterocycles. The normalized spacial score (nSPS) is 13.4. The van der Waals surface area contributed by atoms with Crippen molar-refractivity contribution in [3.8, 4) is 0 Å². The maximum Gasteiger partial charge on any atom is 0.309 e. The van der Waals surface area contributed by atoms with Gasteiger partial charge in [0.15, 0.2) is 9.84 Å². The molecule has 0 aliphatic carbocycles. The molecule has 1 N–H and O–H groups in total. The van der Waals surface area contributed by atoms with E-state index in [4.69, 9.17) is 5.11 Å². The average Bonchev–Trinajstić information content (AvgIpc) is 3.29. The van der Waals surface area contributed by atoms with E-state index in [0.29, 0.717) is 30.0 Å². The number of carboxylic acid groups (broad SMARTS) is 1. The van der Waals surface area contributed by atoms with Gasteiger partial charge in [-0.05, 0) is 36.6 Å². The van der Waals surface area contributed by atoms with E-state index in [2.05, 4.69) is 12.0 Å². The zero-order valence-corrected chi connectivity index (χ0v) is 18.8. The topological polar surface area (TPSA) is 110 Å². The van der Waals surface area contributed by atoms with Crippen molar-refractivity contribution in [1.82, 2.24) is 9.78 Å². The Balaban J connectivity index is 1.76. The molecule has 0 saturated heterocycles. The molecule has 1 aromatic carbocycles. The second kappa shape index (κ2) is 9.64. The fraction of sp³-hybridized carbons (Fsp3) is 0.500. The summed E-state index contributed by atoms with van der Waals surface area (Å²) in [5, 5.41) is 13.2. The number of aromatic nitrogens is 2. The van der Waals surface area contributed by atoms with Gasteiger partial charge < -0.3 is 10.0 Å². The van der Waals surface area contributed by atoms with Gasteiger partial charge in [0.25, 0.3) is 5.91 Å². The zero-order valence-electron chi connectivity index (χ0n) is 18.0. The lowest BCUT2D eigenvalue weighted by Crippen LogP contribution is -2.29. The highest BCUT2D eigenvalue weighted by molar-refractivity contribution is 7.91. The average molecular weight is 448 g/mol. The van der Waals surface area contributed by atoms with E-state index in [-0.39, 0.29) is 29.3 Å². The van der Waals surface area contributed by atoms with Crippen LogP contribution in [0.4, 0.5) is 5.69 Å². The van der Waals surface area contributed by atoms with Crippen LogP contribution in [-0.4, -0.2) is 47.5 Å². The standard InChI is InChI=1S/C22H29N3O5S/c1-3-4-5-6-7-12-31(29,30)17-8-9-20-16(13-17)10-11-25(20)22(28)18-15-24(2)23-19(18)14-21(26)27/h8-9,13,15H,3-7,10-12,14H2,1-2H3,(H,26,27). The number of carbonyl (C=O) groups is 2. The number of anilines is 1. The van der Waals surface area contributed by atoms with Gasteiger partial charge in [-0.25, -0.2) is 8.42 Å². The quantitative estimate of drug-likeness (QED) is 0.561. The first kappa shape index (κ1) is 23.0. The molecule has 3 rings (SSSR count). The van der Waals surface area contributed by atoms with E-state index in [1.807, 2.05) is 0 Å². The number of amides is 1. The van der Waals surface area contributed by atoms with Crippen molar-refractivity contribution in [3.63, 3.8) is 0 Å². The number of rotatable bonds is 10. The molecule has 8 nitrogen and oxygen atoms in total. The Labute approximate surface area is 182 Å². The first-order chi connectivity index (χ1) is 14.7. The van der Waals surface area contributed by atoms with E-state index in [9.17, 15) is 18.0 Å². The van der Waals surface area contributed by atoms with Crippen LogP contribution in [0.1, 0.15) is 60.6 Å². The number of aliphatic carboxylic acids is 1. The van der Waals surface area contributed by atoms with Gasteiger partial charge in [-0.3, -0.25) is 14.3 Å². The third-order valence-corrected chi connectivity index (χ3v) is 7.32. The third-order valence-electron chi connectivity index (χ3n) is 5.52. The fourth-order valence-corrected chi connectivity index (χ4v) is 5.35. The molecule has 0 atom stereocenters. The van der Waals surface area contributed by atoms with Crippen molar-refractivity contribution in [2.24, 2.45) is 7.05 Å². The number of unbranched alkanes of at least 4 members (excludes halogenated alkanes) is 4. The molecule has 2 aromatic rings. The summed E-state index contributed by atoms with van der Waals surface area (Å²) in [6.07, 6.45) is 6.58. The summed E-state index contributed by atoms with van der Waals surface area (Å²) in [7, 11) is -1.72. The maximum atomic E-state index is 13.1. The van der Waals surface area contributed by atoms with Gasteiger partial charge in [0, 0.05) is 25.5 Å². The van der Waals surface area contributed by atoms with E-state index in [1.54, 1.807) is 30.1 Å². The van der Waals surface area contributed by atoms with Crippen LogP contribution in [0.25, 0.3) is 0 Å². The predicted octanol–water partition coefficient (Wildman–Crippen LogP) is 2.99. The molecule has 0 spiro atoms. The molecule has 0 saturated carbocycles. The number of benzene rings is 1. The van der Waals surface area contributed by atoms with Crippen LogP contribution in [0.15, 0.2) is 29.3 Å². The maximum absolute atomic E-state index is 13.1. The second-order valence-corrected chi connectivity index (χ2v) is 10.1. The lowest BCUT2D eigenvalue weighted by Gasteiger charge is -2.17. The smallest absolute Gasteiger partial charge is 0.309 e. The molecular weight excluding hydrogens is 418 g/mol. The number of carbonyl (C=O) groups excluding carboxylic acids is 1. The van der Waals surface area contributed by atoms with E-state index >= 15 is 0 Å². The van der Waals surface area contributed by atoms with Crippen LogP contribution in [0, 0.1) is 0 Å². The minimum Gasteiger partial charge on any atom is -0.481 e. The Morgan fingerprint density at radius 1 is 1.16 bits per heavy atom. The Morgan fingerprint density at radius 3 is 2.61 bits per heavy atom. The summed E-state index contributed by atoms with van der Waals surface area (Å²) in [5.41, 5.74) is 1.94. The van der Waals surface area contributed by atoms with Crippen molar-refractivity contribution in [3.05, 3.63) is 41.2 Å². The molecular formula is C22H29N3O5S. The van der Waals surface area contributed by atoms with Crippen LogP contribution in [0.3, 0.4) is 0 Å². The number of nitrogens with zero attached hydrogens (tertiary/aromatic N) is 3. The lowest BCUT2D eigenvalue weighted by molar-refractivity contribution is -0.136. The molecule has 0 fully saturated rings. The molecule has 1 aliphatic heterocycles. The molecule has 0 radical (unpaired) electrons. The summed E-state index contributed by atoms with van der Waals surface area (Å²) in [6.45, 7) is 2.53.